The van der Waals surface area contributed by atoms with Crippen molar-refractivity contribution in [2.45, 2.75) is 24.8 Å². The van der Waals surface area contributed by atoms with Gasteiger partial charge < -0.3 is 5.11 Å². The highest BCUT2D eigenvalue weighted by Crippen LogP contribution is 2.40. The topological polar surface area (TPSA) is 80.9 Å². The van der Waals surface area contributed by atoms with Gasteiger partial charge in [-0.3, -0.25) is 0 Å². The van der Waals surface area contributed by atoms with E-state index in [4.69, 9.17) is 0 Å². The maximum Gasteiger partial charge on any atom is 0.331 e. The minimum Gasteiger partial charge on any atom is -0.479 e. The maximum atomic E-state index is 11.5. The molecule has 2 aromatic rings. The molecule has 1 aliphatic rings. The molecule has 19 heavy (non-hydrogen) atoms. The fraction of sp³-hybridized carbons (Fsp3) is 0.333. The van der Waals surface area contributed by atoms with Crippen molar-refractivity contribution in [2.75, 3.05) is 0 Å². The first-order chi connectivity index (χ1) is 9.13. The summed E-state index contributed by atoms with van der Waals surface area (Å²) in [5.74, 6) is -0.351. The Labute approximate surface area is 123 Å². The van der Waals surface area contributed by atoms with Crippen LogP contribution >= 0.6 is 22.6 Å². The Morgan fingerprint density at radius 3 is 2.53 bits per heavy atom. The zero-order valence-corrected chi connectivity index (χ0v) is 12.1. The van der Waals surface area contributed by atoms with Gasteiger partial charge in [0.1, 0.15) is 0 Å². The molecule has 0 radical (unpaired) electrons. The van der Waals surface area contributed by atoms with Crippen LogP contribution in [0.15, 0.2) is 24.3 Å². The number of carbonyl (C=O) groups is 1. The van der Waals surface area contributed by atoms with Gasteiger partial charge >= 0.3 is 5.97 Å². The van der Waals surface area contributed by atoms with E-state index < -0.39 is 11.5 Å². The molecule has 1 fully saturated rings. The van der Waals surface area contributed by atoms with Gasteiger partial charge in [0.05, 0.1) is 0 Å². The third-order valence-electron chi connectivity index (χ3n) is 3.56. The van der Waals surface area contributed by atoms with Crippen molar-refractivity contribution in [3.63, 3.8) is 0 Å². The van der Waals surface area contributed by atoms with Gasteiger partial charge in [-0.2, -0.15) is 0 Å². The molecule has 0 spiro atoms. The zero-order chi connectivity index (χ0) is 13.5. The highest BCUT2D eigenvalue weighted by atomic mass is 127. The molecule has 0 bridgehead atoms. The summed E-state index contributed by atoms with van der Waals surface area (Å²) >= 11 is 2.22. The van der Waals surface area contributed by atoms with Crippen LogP contribution in [0.25, 0.3) is 11.4 Å². The molecule has 0 saturated heterocycles. The van der Waals surface area contributed by atoms with E-state index in [1.165, 1.54) is 4.68 Å². The number of hydrogen-bond acceptors (Lipinski definition) is 4. The first-order valence-corrected chi connectivity index (χ1v) is 6.99. The number of aromatic nitrogens is 4. The minimum absolute atomic E-state index is 0.513. The van der Waals surface area contributed by atoms with Gasteiger partial charge in [0.25, 0.3) is 0 Å². The first kappa shape index (κ1) is 12.5. The Bertz CT molecular complexity index is 619. The van der Waals surface area contributed by atoms with E-state index in [-0.39, 0.29) is 0 Å². The van der Waals surface area contributed by atoms with E-state index in [9.17, 15) is 9.90 Å². The summed E-state index contributed by atoms with van der Waals surface area (Å²) in [6, 6.07) is 7.70. The Balaban J connectivity index is 2.08. The van der Waals surface area contributed by atoms with Crippen LogP contribution in [0.3, 0.4) is 0 Å². The van der Waals surface area contributed by atoms with Crippen LogP contribution < -0.4 is 0 Å². The summed E-state index contributed by atoms with van der Waals surface area (Å²) in [7, 11) is 0. The molecule has 7 heteroatoms. The normalized spacial score (nSPS) is 16.9. The van der Waals surface area contributed by atoms with Crippen LogP contribution in [0, 0.1) is 3.57 Å². The van der Waals surface area contributed by atoms with Gasteiger partial charge in [-0.1, -0.05) is 12.1 Å². The van der Waals surface area contributed by atoms with Crippen molar-refractivity contribution in [3.05, 3.63) is 27.8 Å². The predicted octanol–water partition coefficient (Wildman–Crippen LogP) is 1.91. The van der Waals surface area contributed by atoms with Gasteiger partial charge in [0.15, 0.2) is 11.4 Å². The van der Waals surface area contributed by atoms with Gasteiger partial charge in [0.2, 0.25) is 0 Å². The third kappa shape index (κ3) is 1.92. The van der Waals surface area contributed by atoms with E-state index in [0.29, 0.717) is 18.7 Å². The van der Waals surface area contributed by atoms with Crippen LogP contribution in [0.2, 0.25) is 0 Å². The second-order valence-electron chi connectivity index (χ2n) is 4.61. The molecule has 1 aromatic heterocycles. The second kappa shape index (κ2) is 4.55. The summed E-state index contributed by atoms with van der Waals surface area (Å²) in [6.07, 6.45) is 2.04. The molecule has 3 rings (SSSR count). The Kier molecular flexibility index (Phi) is 3.00. The molecule has 98 valence electrons. The van der Waals surface area contributed by atoms with E-state index in [2.05, 4.69) is 38.1 Å². The van der Waals surface area contributed by atoms with Gasteiger partial charge in [0, 0.05) is 9.13 Å². The molecule has 1 aromatic carbocycles. The zero-order valence-electron chi connectivity index (χ0n) is 9.95. The average molecular weight is 370 g/mol. The highest BCUT2D eigenvalue weighted by Gasteiger charge is 2.49. The lowest BCUT2D eigenvalue weighted by molar-refractivity contribution is -0.153. The third-order valence-corrected chi connectivity index (χ3v) is 4.28. The largest absolute Gasteiger partial charge is 0.479 e. The quantitative estimate of drug-likeness (QED) is 0.835. The van der Waals surface area contributed by atoms with Crippen LogP contribution in [0.5, 0.6) is 0 Å². The average Bonchev–Trinajstić information content (AvgIpc) is 2.77. The van der Waals surface area contributed by atoms with Crippen LogP contribution in [0.4, 0.5) is 0 Å². The summed E-state index contributed by atoms with van der Waals surface area (Å²) in [4.78, 5) is 11.5. The monoisotopic (exact) mass is 370 g/mol. The van der Waals surface area contributed by atoms with Crippen molar-refractivity contribution < 1.29 is 9.90 Å². The van der Waals surface area contributed by atoms with Crippen molar-refractivity contribution in [2.24, 2.45) is 0 Å². The number of rotatable bonds is 3. The number of aliphatic carboxylic acids is 1. The van der Waals surface area contributed by atoms with Crippen molar-refractivity contribution >= 4 is 28.6 Å². The van der Waals surface area contributed by atoms with E-state index in [1.807, 2.05) is 24.3 Å². The number of carboxylic acid groups (broad SMARTS) is 1. The molecule has 1 N–H and O–H groups in total. The molecule has 0 aliphatic heterocycles. The highest BCUT2D eigenvalue weighted by molar-refractivity contribution is 14.1. The minimum atomic E-state index is -0.970. The Hall–Kier alpha value is -1.51. The summed E-state index contributed by atoms with van der Waals surface area (Å²) in [6.45, 7) is 0. The SMILES string of the molecule is O=C(O)C1(n2nnnc2-c2ccc(I)cc2)CCC1. The maximum absolute atomic E-state index is 11.5. The van der Waals surface area contributed by atoms with Gasteiger partial charge in [-0.15, -0.1) is 5.10 Å². The number of carboxylic acids is 1. The molecule has 0 amide bonds. The fourth-order valence-corrected chi connectivity index (χ4v) is 2.64. The molecule has 0 unspecified atom stereocenters. The van der Waals surface area contributed by atoms with E-state index in [0.717, 1.165) is 15.6 Å². The number of halogens is 1. The number of benzene rings is 1. The molecule has 1 saturated carbocycles. The lowest BCUT2D eigenvalue weighted by Crippen LogP contribution is -2.48. The molecule has 6 nitrogen and oxygen atoms in total. The smallest absolute Gasteiger partial charge is 0.331 e. The lowest BCUT2D eigenvalue weighted by Gasteiger charge is -2.37. The lowest BCUT2D eigenvalue weighted by atomic mass is 9.76. The fourth-order valence-electron chi connectivity index (χ4n) is 2.28. The molecule has 0 atom stereocenters. The van der Waals surface area contributed by atoms with E-state index >= 15 is 0 Å². The second-order valence-corrected chi connectivity index (χ2v) is 5.86. The van der Waals surface area contributed by atoms with Crippen LogP contribution in [0.1, 0.15) is 19.3 Å². The van der Waals surface area contributed by atoms with Gasteiger partial charge in [-0.25, -0.2) is 9.48 Å². The van der Waals surface area contributed by atoms with Crippen molar-refractivity contribution in [1.82, 2.24) is 20.2 Å². The van der Waals surface area contributed by atoms with Crippen molar-refractivity contribution in [1.29, 1.82) is 0 Å². The molecular formula is C12H11IN4O2. The van der Waals surface area contributed by atoms with Crippen molar-refractivity contribution in [3.8, 4) is 11.4 Å². The number of tetrazole rings is 1. The molecular weight excluding hydrogens is 359 g/mol. The van der Waals surface area contributed by atoms with Gasteiger partial charge in [-0.05, 0) is 64.4 Å². The van der Waals surface area contributed by atoms with Crippen LogP contribution in [-0.4, -0.2) is 31.3 Å². The summed E-state index contributed by atoms with van der Waals surface area (Å²) in [5.41, 5.74) is -0.139. The molecule has 1 aliphatic carbocycles. The Morgan fingerprint density at radius 2 is 2.00 bits per heavy atom. The molecule has 1 heterocycles. The summed E-state index contributed by atoms with van der Waals surface area (Å²) < 4.78 is 2.57. The number of hydrogen-bond donors (Lipinski definition) is 1. The summed E-state index contributed by atoms with van der Waals surface area (Å²) in [5, 5.41) is 21.0. The Morgan fingerprint density at radius 1 is 1.32 bits per heavy atom. The first-order valence-electron chi connectivity index (χ1n) is 5.92. The number of nitrogens with zero attached hydrogens (tertiary/aromatic N) is 4. The van der Waals surface area contributed by atoms with E-state index in [1.54, 1.807) is 0 Å². The van der Waals surface area contributed by atoms with Crippen LogP contribution in [-0.2, 0) is 10.3 Å². The standard InChI is InChI=1S/C12H11IN4O2/c13-9-4-2-8(3-5-9)10-14-15-16-17(10)12(11(18)19)6-1-7-12/h2-5H,1,6-7H2,(H,18,19). The predicted molar refractivity (Wildman–Crippen MR) is 75.4 cm³/mol.